The van der Waals surface area contributed by atoms with Crippen LogP contribution in [0.2, 0.25) is 0 Å². The minimum Gasteiger partial charge on any atom is -0.508 e. The molecule has 0 saturated heterocycles. The van der Waals surface area contributed by atoms with E-state index in [0.29, 0.717) is 56.6 Å². The molecule has 246 valence electrons. The Morgan fingerprint density at radius 3 is 2.44 bits per heavy atom. The van der Waals surface area contributed by atoms with Crippen LogP contribution in [0.4, 0.5) is 0 Å². The lowest BCUT2D eigenvalue weighted by molar-refractivity contribution is -0.130. The second kappa shape index (κ2) is 19.7. The van der Waals surface area contributed by atoms with Crippen molar-refractivity contribution in [1.29, 1.82) is 5.41 Å². The van der Waals surface area contributed by atoms with Crippen molar-refractivity contribution < 1.29 is 19.2 Å². The van der Waals surface area contributed by atoms with E-state index < -0.39 is 29.9 Å². The summed E-state index contributed by atoms with van der Waals surface area (Å²) in [6.45, 7) is 6.43. The van der Waals surface area contributed by atoms with Gasteiger partial charge in [0.15, 0.2) is 11.8 Å². The molecule has 2 rings (SSSR count). The van der Waals surface area contributed by atoms with Crippen molar-refractivity contribution >= 4 is 17.8 Å². The molecule has 1 heterocycles. The van der Waals surface area contributed by atoms with Crippen LogP contribution >= 0.6 is 0 Å². The topological polar surface area (TPSA) is 231 Å². The van der Waals surface area contributed by atoms with Crippen molar-refractivity contribution in [3.63, 3.8) is 0 Å². The van der Waals surface area contributed by atoms with Gasteiger partial charge in [0, 0.05) is 13.0 Å². The van der Waals surface area contributed by atoms with E-state index in [1.54, 1.807) is 25.2 Å². The van der Waals surface area contributed by atoms with Gasteiger partial charge in [-0.1, -0.05) is 52.7 Å². The Labute approximate surface area is 265 Å². The highest BCUT2D eigenvalue weighted by molar-refractivity contribution is 5.90. The van der Waals surface area contributed by atoms with Crippen molar-refractivity contribution in [3.05, 3.63) is 82.7 Å². The minimum absolute atomic E-state index is 0.0812. The maximum absolute atomic E-state index is 13.7. The molecular weight excluding hydrogens is 574 g/mol. The molecule has 0 aliphatic carbocycles. The Morgan fingerprint density at radius 2 is 1.78 bits per heavy atom. The molecule has 0 saturated carbocycles. The normalized spacial score (nSPS) is 13.8. The number of nitrogens with one attached hydrogen (secondary N) is 4. The first-order valence-electron chi connectivity index (χ1n) is 15.2. The fraction of sp³-hybridized carbons (Fsp3) is 0.469. The molecule has 0 bridgehead atoms. The van der Waals surface area contributed by atoms with Gasteiger partial charge in [-0.05, 0) is 83.6 Å². The number of hydrogen-bond donors (Lipinski definition) is 8. The number of benzene rings is 1. The predicted octanol–water partition coefficient (Wildman–Crippen LogP) is 2.77. The van der Waals surface area contributed by atoms with Crippen molar-refractivity contribution in [1.82, 2.24) is 26.1 Å². The lowest BCUT2D eigenvalue weighted by atomic mass is 10.1. The van der Waals surface area contributed by atoms with Crippen LogP contribution in [0.5, 0.6) is 0 Å². The fourth-order valence-electron chi connectivity index (χ4n) is 4.40. The summed E-state index contributed by atoms with van der Waals surface area (Å²) in [5.74, 6) is -0.257. The van der Waals surface area contributed by atoms with Crippen LogP contribution in [0.3, 0.4) is 0 Å². The van der Waals surface area contributed by atoms with E-state index in [0.717, 1.165) is 17.6 Å². The predicted molar refractivity (Wildman–Crippen MR) is 175 cm³/mol. The van der Waals surface area contributed by atoms with Gasteiger partial charge < -0.3 is 42.8 Å². The maximum Gasteiger partial charge on any atom is 0.249 e. The van der Waals surface area contributed by atoms with Gasteiger partial charge >= 0.3 is 0 Å². The SMILES string of the molecule is CC(C)=C/C(O)=C\C(C)=C\C[C@@H](NC(=O)[C@@H](N)CCCNC(=N)N)C(=O)N[C@H](CCCCN)c1nc(Cc2ccccc2)no1. The van der Waals surface area contributed by atoms with Crippen molar-refractivity contribution in [2.75, 3.05) is 13.1 Å². The second-order valence-electron chi connectivity index (χ2n) is 11.2. The third-order valence-corrected chi connectivity index (χ3v) is 6.72. The maximum atomic E-state index is 13.7. The lowest BCUT2D eigenvalue weighted by Gasteiger charge is -2.22. The molecule has 2 aromatic rings. The van der Waals surface area contributed by atoms with Gasteiger partial charge in [-0.15, -0.1) is 0 Å². The monoisotopic (exact) mass is 623 g/mol. The summed E-state index contributed by atoms with van der Waals surface area (Å²) in [5.41, 5.74) is 19.8. The number of hydrogen-bond acceptors (Lipinski definition) is 9. The number of allylic oxidation sites excluding steroid dienone is 4. The highest BCUT2D eigenvalue weighted by atomic mass is 16.5. The largest absolute Gasteiger partial charge is 0.508 e. The van der Waals surface area contributed by atoms with E-state index in [1.165, 1.54) is 0 Å². The van der Waals surface area contributed by atoms with Crippen LogP contribution in [-0.4, -0.2) is 58.2 Å². The molecule has 0 spiro atoms. The van der Waals surface area contributed by atoms with Gasteiger partial charge in [-0.2, -0.15) is 4.98 Å². The number of aromatic nitrogens is 2. The van der Waals surface area contributed by atoms with Gasteiger partial charge in [-0.3, -0.25) is 15.0 Å². The Hall–Kier alpha value is -4.49. The van der Waals surface area contributed by atoms with Gasteiger partial charge in [0.1, 0.15) is 17.8 Å². The van der Waals surface area contributed by atoms with E-state index in [1.807, 2.05) is 44.2 Å². The van der Waals surface area contributed by atoms with Crippen LogP contribution < -0.4 is 33.2 Å². The first-order valence-corrected chi connectivity index (χ1v) is 15.2. The first-order chi connectivity index (χ1) is 21.5. The first kappa shape index (κ1) is 36.7. The molecule has 0 aliphatic rings. The molecule has 0 fully saturated rings. The number of nitrogens with two attached hydrogens (primary N) is 3. The third-order valence-electron chi connectivity index (χ3n) is 6.72. The van der Waals surface area contributed by atoms with Crippen molar-refractivity contribution in [3.8, 4) is 0 Å². The molecule has 1 aromatic heterocycles. The average molecular weight is 624 g/mol. The van der Waals surface area contributed by atoms with Gasteiger partial charge in [-0.25, -0.2) is 0 Å². The molecule has 11 N–H and O–H groups in total. The lowest BCUT2D eigenvalue weighted by Crippen LogP contribution is -2.52. The summed E-state index contributed by atoms with van der Waals surface area (Å²) < 4.78 is 5.58. The highest BCUT2D eigenvalue weighted by Gasteiger charge is 2.28. The molecule has 0 radical (unpaired) electrons. The van der Waals surface area contributed by atoms with Crippen LogP contribution in [0.15, 0.2) is 70.0 Å². The number of aliphatic hydroxyl groups excluding tert-OH is 1. The zero-order valence-corrected chi connectivity index (χ0v) is 26.5. The number of nitrogens with zero attached hydrogens (tertiary/aromatic N) is 2. The number of amides is 2. The summed E-state index contributed by atoms with van der Waals surface area (Å²) in [6.07, 6.45) is 8.38. The molecule has 2 amide bonds. The zero-order chi connectivity index (χ0) is 33.2. The number of carbonyl (C=O) groups excluding carboxylic acids is 2. The molecular formula is C32H49N9O4. The minimum atomic E-state index is -0.975. The summed E-state index contributed by atoms with van der Waals surface area (Å²) in [7, 11) is 0. The molecule has 0 unspecified atom stereocenters. The number of guanidine groups is 1. The molecule has 3 atom stereocenters. The van der Waals surface area contributed by atoms with Crippen molar-refractivity contribution in [2.24, 2.45) is 17.2 Å². The average Bonchev–Trinajstić information content (AvgIpc) is 3.44. The molecule has 0 aliphatic heterocycles. The van der Waals surface area contributed by atoms with Gasteiger partial charge in [0.2, 0.25) is 17.7 Å². The smallest absolute Gasteiger partial charge is 0.249 e. The molecule has 1 aromatic carbocycles. The highest BCUT2D eigenvalue weighted by Crippen LogP contribution is 2.20. The van der Waals surface area contributed by atoms with Crippen LogP contribution in [0.25, 0.3) is 0 Å². The fourth-order valence-corrected chi connectivity index (χ4v) is 4.40. The number of aliphatic hydroxyl groups is 1. The summed E-state index contributed by atoms with van der Waals surface area (Å²) >= 11 is 0. The molecule has 13 heteroatoms. The Morgan fingerprint density at radius 1 is 1.04 bits per heavy atom. The van der Waals surface area contributed by atoms with Crippen molar-refractivity contribution in [2.45, 2.75) is 83.8 Å². The van der Waals surface area contributed by atoms with Crippen LogP contribution in [-0.2, 0) is 16.0 Å². The van der Waals surface area contributed by atoms with E-state index in [4.69, 9.17) is 27.1 Å². The Kier molecular flexibility index (Phi) is 16.1. The summed E-state index contributed by atoms with van der Waals surface area (Å²) in [6, 6.07) is 7.29. The standard InChI is InChI=1S/C32H49N9O4/c1-21(2)18-24(42)19-22(3)14-15-26(38-29(43)25(34)12-9-17-37-32(35)36)30(44)39-27(13-7-8-16-33)31-40-28(41-45-31)20-23-10-5-4-6-11-23/h4-6,10-11,14,18-19,25-27,42H,7-9,12-13,15-17,20,33-34H2,1-3H3,(H,38,43)(H,39,44)(H4,35,36,37)/b22-14+,24-19+/t25-,26+,27+/m0/s1. The summed E-state index contributed by atoms with van der Waals surface area (Å²) in [4.78, 5) is 31.3. The van der Waals surface area contributed by atoms with E-state index in [9.17, 15) is 14.7 Å². The quantitative estimate of drug-likeness (QED) is 0.0375. The number of rotatable bonds is 19. The molecule has 13 nitrogen and oxygen atoms in total. The van der Waals surface area contributed by atoms with Gasteiger partial charge in [0.25, 0.3) is 0 Å². The van der Waals surface area contributed by atoms with Crippen LogP contribution in [0.1, 0.15) is 82.6 Å². The molecule has 45 heavy (non-hydrogen) atoms. The second-order valence-corrected chi connectivity index (χ2v) is 11.2. The number of unbranched alkanes of at least 4 members (excludes halogenated alkanes) is 1. The van der Waals surface area contributed by atoms with Gasteiger partial charge in [0.05, 0.1) is 6.04 Å². The van der Waals surface area contributed by atoms with Crippen LogP contribution in [0, 0.1) is 5.41 Å². The van der Waals surface area contributed by atoms with E-state index in [-0.39, 0.29) is 24.0 Å². The third kappa shape index (κ3) is 14.7. The Balaban J connectivity index is 2.24. The summed E-state index contributed by atoms with van der Waals surface area (Å²) in [5, 5.41) is 30.0. The van der Waals surface area contributed by atoms with E-state index in [2.05, 4.69) is 26.1 Å². The Bertz CT molecular complexity index is 1320. The zero-order valence-electron chi connectivity index (χ0n) is 26.5. The number of carbonyl (C=O) groups is 2. The van der Waals surface area contributed by atoms with E-state index >= 15 is 0 Å².